The topological polar surface area (TPSA) is 57.4 Å². The molecule has 0 aliphatic carbocycles. The van der Waals surface area contributed by atoms with Gasteiger partial charge >= 0.3 is 0 Å². The van der Waals surface area contributed by atoms with Crippen molar-refractivity contribution >= 4 is 28.9 Å². The van der Waals surface area contributed by atoms with Gasteiger partial charge in [-0.05, 0) is 37.3 Å². The van der Waals surface area contributed by atoms with Crippen LogP contribution < -0.4 is 4.74 Å². The molecule has 0 spiro atoms. The van der Waals surface area contributed by atoms with E-state index in [1.807, 2.05) is 12.1 Å². The molecule has 0 unspecified atom stereocenters. The maximum absolute atomic E-state index is 6.94. The highest BCUT2D eigenvalue weighted by molar-refractivity contribution is 6.35. The molecule has 6 heteroatoms. The maximum Gasteiger partial charge on any atom is 0.238 e. The van der Waals surface area contributed by atoms with Crippen LogP contribution in [0.2, 0.25) is 10.0 Å². The lowest BCUT2D eigenvalue weighted by Crippen LogP contribution is -1.94. The molecule has 0 aliphatic heterocycles. The van der Waals surface area contributed by atoms with Crippen LogP contribution >= 0.6 is 23.2 Å². The fourth-order valence-electron chi connectivity index (χ4n) is 1.42. The summed E-state index contributed by atoms with van der Waals surface area (Å²) in [6.07, 6.45) is 1.47. The summed E-state index contributed by atoms with van der Waals surface area (Å²) < 4.78 is 5.54. The van der Waals surface area contributed by atoms with E-state index in [1.165, 1.54) is 6.20 Å². The number of ether oxygens (including phenoxy) is 1. The molecule has 4 nitrogen and oxygen atoms in total. The molecule has 0 amide bonds. The predicted molar refractivity (Wildman–Crippen MR) is 76.6 cm³/mol. The second kappa shape index (κ2) is 5.91. The van der Waals surface area contributed by atoms with Crippen molar-refractivity contribution in [2.75, 3.05) is 0 Å². The Kier molecular flexibility index (Phi) is 4.24. The van der Waals surface area contributed by atoms with Gasteiger partial charge in [-0.15, -0.1) is 0 Å². The van der Waals surface area contributed by atoms with Crippen LogP contribution in [-0.2, 0) is 0 Å². The van der Waals surface area contributed by atoms with Gasteiger partial charge in [-0.1, -0.05) is 23.2 Å². The highest BCUT2D eigenvalue weighted by Gasteiger charge is 2.06. The molecule has 0 saturated heterocycles. The third-order valence-electron chi connectivity index (χ3n) is 2.43. The number of halogens is 2. The van der Waals surface area contributed by atoms with Crippen LogP contribution in [0.5, 0.6) is 11.6 Å². The first-order valence-electron chi connectivity index (χ1n) is 5.40. The van der Waals surface area contributed by atoms with Gasteiger partial charge in [0.15, 0.2) is 0 Å². The zero-order chi connectivity index (χ0) is 13.8. The van der Waals surface area contributed by atoms with Crippen molar-refractivity contribution in [3.05, 3.63) is 52.1 Å². The first kappa shape index (κ1) is 13.6. The van der Waals surface area contributed by atoms with Crippen LogP contribution in [0.15, 0.2) is 41.7 Å². The third kappa shape index (κ3) is 3.36. The molecule has 2 N–H and O–H groups in total. The van der Waals surface area contributed by atoms with Crippen LogP contribution in [-0.4, -0.2) is 15.9 Å². The van der Waals surface area contributed by atoms with Crippen molar-refractivity contribution in [3.63, 3.8) is 0 Å². The van der Waals surface area contributed by atoms with Crippen molar-refractivity contribution in [1.29, 1.82) is 0 Å². The van der Waals surface area contributed by atoms with Crippen molar-refractivity contribution in [1.82, 2.24) is 4.98 Å². The Balaban J connectivity index is 2.20. The molecule has 1 aromatic carbocycles. The second-order valence-electron chi connectivity index (χ2n) is 3.76. The normalized spacial score (nSPS) is 11.4. The monoisotopic (exact) mass is 297 g/mol. The Morgan fingerprint density at radius 3 is 2.53 bits per heavy atom. The largest absolute Gasteiger partial charge is 0.469 e. The highest BCUT2D eigenvalue weighted by Crippen LogP contribution is 2.29. The van der Waals surface area contributed by atoms with Crippen LogP contribution in [0.3, 0.4) is 0 Å². The van der Waals surface area contributed by atoms with Gasteiger partial charge in [0.05, 0.1) is 10.2 Å². The Hall–Kier alpha value is -1.78. The summed E-state index contributed by atoms with van der Waals surface area (Å²) in [5.74, 6) is 0.892. The van der Waals surface area contributed by atoms with Crippen LogP contribution in [0.4, 0.5) is 0 Å². The van der Waals surface area contributed by atoms with Gasteiger partial charge in [-0.2, -0.15) is 0 Å². The fraction of sp³-hybridized carbons (Fsp3) is 0.0769. The van der Waals surface area contributed by atoms with E-state index in [2.05, 4.69) is 10.1 Å². The first-order chi connectivity index (χ1) is 9.10. The Morgan fingerprint density at radius 1 is 1.26 bits per heavy atom. The van der Waals surface area contributed by atoms with Gasteiger partial charge < -0.3 is 9.94 Å². The summed E-state index contributed by atoms with van der Waals surface area (Å²) in [6, 6.07) is 8.71. The zero-order valence-electron chi connectivity index (χ0n) is 10.0. The van der Waals surface area contributed by atoms with E-state index < -0.39 is 0 Å². The van der Waals surface area contributed by atoms with Gasteiger partial charge in [0.1, 0.15) is 16.5 Å². The smallest absolute Gasteiger partial charge is 0.238 e. The Morgan fingerprint density at radius 2 is 1.95 bits per heavy atom. The van der Waals surface area contributed by atoms with Crippen LogP contribution in [0, 0.1) is 0 Å². The average Bonchev–Trinajstić information content (AvgIpc) is 2.42. The molecule has 0 bridgehead atoms. The molecular formula is C13H11Cl2N2O2+. The summed E-state index contributed by atoms with van der Waals surface area (Å²) in [4.78, 5) is 4.01. The second-order valence-corrected chi connectivity index (χ2v) is 4.61. The Bertz CT molecular complexity index is 613. The van der Waals surface area contributed by atoms with Gasteiger partial charge in [0.2, 0.25) is 5.88 Å². The number of hydrogen-bond donors (Lipinski definition) is 0. The molecule has 0 fully saturated rings. The molecule has 0 aliphatic rings. The lowest BCUT2D eigenvalue weighted by molar-refractivity contribution is 0.319. The summed E-state index contributed by atoms with van der Waals surface area (Å²) in [7, 11) is 0. The highest BCUT2D eigenvalue weighted by atomic mass is 35.5. The minimum atomic E-state index is 0.296. The Labute approximate surface area is 120 Å². The number of benzene rings is 1. The van der Waals surface area contributed by atoms with Crippen LogP contribution in [0.1, 0.15) is 12.5 Å². The standard InChI is InChI=1S/C13H10Cl2N2O2/c1-8(17-18)9-2-4-11(5-3-9)19-13-12(15)6-10(14)7-16-13/h2-7,18H,1H3/p+1/b17-8+. The maximum atomic E-state index is 6.94. The third-order valence-corrected chi connectivity index (χ3v) is 2.91. The van der Waals surface area contributed by atoms with Crippen molar-refractivity contribution in [3.8, 4) is 11.6 Å². The van der Waals surface area contributed by atoms with Crippen molar-refractivity contribution < 1.29 is 9.94 Å². The lowest BCUT2D eigenvalue weighted by Gasteiger charge is -2.07. The van der Waals surface area contributed by atoms with E-state index in [9.17, 15) is 0 Å². The number of pyridine rings is 1. The summed E-state index contributed by atoms with van der Waals surface area (Å²) in [5, 5.41) is 11.1. The number of rotatable bonds is 3. The lowest BCUT2D eigenvalue weighted by atomic mass is 10.1. The molecule has 0 atom stereocenters. The van der Waals surface area contributed by atoms with Gasteiger partial charge in [-0.3, -0.25) is 0 Å². The SMILES string of the molecule is C/C(=N\[OH2+])c1ccc(Oc2ncc(Cl)cc2Cl)cc1. The molecule has 1 heterocycles. The minimum Gasteiger partial charge on any atom is -0.469 e. The van der Waals surface area contributed by atoms with Crippen molar-refractivity contribution in [2.45, 2.75) is 6.92 Å². The van der Waals surface area contributed by atoms with E-state index in [0.717, 1.165) is 5.56 Å². The molecule has 2 rings (SSSR count). The molecule has 0 radical (unpaired) electrons. The summed E-state index contributed by atoms with van der Waals surface area (Å²) in [6.45, 7) is 1.76. The van der Waals surface area contributed by atoms with E-state index in [-0.39, 0.29) is 0 Å². The zero-order valence-corrected chi connectivity index (χ0v) is 11.5. The molecule has 0 saturated carbocycles. The van der Waals surface area contributed by atoms with E-state index in [1.54, 1.807) is 25.1 Å². The van der Waals surface area contributed by atoms with E-state index >= 15 is 0 Å². The molecule has 2 aromatic rings. The van der Waals surface area contributed by atoms with E-state index in [0.29, 0.717) is 27.4 Å². The van der Waals surface area contributed by atoms with Gasteiger partial charge in [0.25, 0.3) is 0 Å². The van der Waals surface area contributed by atoms with Crippen molar-refractivity contribution in [2.24, 2.45) is 5.16 Å². The summed E-state index contributed by atoms with van der Waals surface area (Å²) >= 11 is 11.7. The molecule has 1 aromatic heterocycles. The summed E-state index contributed by atoms with van der Waals surface area (Å²) in [5.41, 5.74) is 1.49. The average molecular weight is 298 g/mol. The number of hydrogen-bond acceptors (Lipinski definition) is 3. The van der Waals surface area contributed by atoms with Gasteiger partial charge in [0, 0.05) is 11.8 Å². The minimum absolute atomic E-state index is 0.296. The molecule has 98 valence electrons. The molecular weight excluding hydrogens is 287 g/mol. The van der Waals surface area contributed by atoms with E-state index in [4.69, 9.17) is 33.1 Å². The van der Waals surface area contributed by atoms with Crippen LogP contribution in [0.25, 0.3) is 0 Å². The first-order valence-corrected chi connectivity index (χ1v) is 6.16. The predicted octanol–water partition coefficient (Wildman–Crippen LogP) is 3.63. The molecule has 19 heavy (non-hydrogen) atoms. The quantitative estimate of drug-likeness (QED) is 0.493. The number of aromatic nitrogens is 1. The number of nitrogens with zero attached hydrogens (tertiary/aromatic N) is 2. The van der Waals surface area contributed by atoms with Gasteiger partial charge in [-0.25, -0.2) is 4.98 Å². The fourth-order valence-corrected chi connectivity index (χ4v) is 1.84.